The molecule has 0 radical (unpaired) electrons. The molecule has 206 valence electrons. The van der Waals surface area contributed by atoms with E-state index in [1.54, 1.807) is 51.1 Å². The Bertz CT molecular complexity index is 1050. The number of hydrogen-bond donors (Lipinski definition) is 3. The molecule has 1 fully saturated rings. The van der Waals surface area contributed by atoms with E-state index in [2.05, 4.69) is 16.0 Å². The Labute approximate surface area is 219 Å². The quantitative estimate of drug-likeness (QED) is 0.317. The van der Waals surface area contributed by atoms with Gasteiger partial charge in [0.25, 0.3) is 11.8 Å². The number of hydroxylamine groups is 2. The molecule has 13 heteroatoms. The molecule has 1 aromatic carbocycles. The summed E-state index contributed by atoms with van der Waals surface area (Å²) in [6.07, 6.45) is -0.986. The topological polar surface area (TPSA) is 177 Å². The lowest BCUT2D eigenvalue weighted by Crippen LogP contribution is -2.42. The molecule has 0 bridgehead atoms. The van der Waals surface area contributed by atoms with Crippen molar-refractivity contribution in [2.75, 3.05) is 19.6 Å². The Kier molecular flexibility index (Phi) is 10.9. The Morgan fingerprint density at radius 3 is 2.13 bits per heavy atom. The maximum Gasteiger partial charge on any atom is 0.408 e. The smallest absolute Gasteiger partial charge is 0.408 e. The molecule has 13 nitrogen and oxygen atoms in total. The number of carbonyl (C=O) groups excluding carboxylic acids is 7. The predicted octanol–water partition coefficient (Wildman–Crippen LogP) is 0.169. The van der Waals surface area contributed by atoms with Crippen molar-refractivity contribution in [3.8, 4) is 0 Å². The van der Waals surface area contributed by atoms with Gasteiger partial charge in [0.1, 0.15) is 18.7 Å². The number of rotatable bonds is 12. The normalized spacial score (nSPS) is 13.9. The van der Waals surface area contributed by atoms with Crippen molar-refractivity contribution in [3.63, 3.8) is 0 Å². The van der Waals surface area contributed by atoms with E-state index < -0.39 is 66.1 Å². The number of nitrogens with zero attached hydrogens (tertiary/aromatic N) is 1. The first kappa shape index (κ1) is 29.9. The molecule has 0 saturated carbocycles. The largest absolute Gasteiger partial charge is 0.444 e. The first-order valence-electron chi connectivity index (χ1n) is 12.0. The van der Waals surface area contributed by atoms with Gasteiger partial charge in [-0.1, -0.05) is 30.3 Å². The number of Topliss-reactive ketones (excluding diaryl/α,β-unsaturated/α-hetero) is 1. The van der Waals surface area contributed by atoms with E-state index in [9.17, 15) is 33.6 Å². The van der Waals surface area contributed by atoms with Gasteiger partial charge in [0.05, 0.1) is 6.54 Å². The zero-order valence-electron chi connectivity index (χ0n) is 21.5. The molecule has 0 unspecified atom stereocenters. The first-order valence-corrected chi connectivity index (χ1v) is 12.0. The van der Waals surface area contributed by atoms with E-state index in [0.29, 0.717) is 5.06 Å². The lowest BCUT2D eigenvalue weighted by atomic mass is 9.93. The summed E-state index contributed by atoms with van der Waals surface area (Å²) in [7, 11) is 0. The third kappa shape index (κ3) is 10.8. The molecule has 1 aliphatic rings. The molecule has 1 aromatic rings. The highest BCUT2D eigenvalue weighted by atomic mass is 16.7. The molecule has 0 spiro atoms. The average Bonchev–Trinajstić information content (AvgIpc) is 3.16. The van der Waals surface area contributed by atoms with Crippen LogP contribution in [0.3, 0.4) is 0 Å². The monoisotopic (exact) mass is 532 g/mol. The van der Waals surface area contributed by atoms with Crippen LogP contribution in [0.25, 0.3) is 0 Å². The summed E-state index contributed by atoms with van der Waals surface area (Å²) in [5, 5.41) is 7.39. The van der Waals surface area contributed by atoms with Crippen LogP contribution in [0.5, 0.6) is 0 Å². The van der Waals surface area contributed by atoms with Crippen LogP contribution in [0.15, 0.2) is 30.3 Å². The molecule has 1 saturated heterocycles. The minimum Gasteiger partial charge on any atom is -0.444 e. The van der Waals surface area contributed by atoms with Gasteiger partial charge in [0.2, 0.25) is 11.8 Å². The lowest BCUT2D eigenvalue weighted by Gasteiger charge is -2.19. The highest BCUT2D eigenvalue weighted by Crippen LogP contribution is 2.14. The molecule has 1 aliphatic heterocycles. The van der Waals surface area contributed by atoms with Crippen LogP contribution in [0.1, 0.15) is 45.6 Å². The standard InChI is InChI=1S/C25H32N4O9/c1-25(2,3)37-24(36)28-14-19(31)26-13-18(30)12-17(11-16-7-5-4-6-8-16)23(35)27-15-22(34)38-29-20(32)9-10-21(29)33/h4-8,17H,9-15H2,1-3H3,(H,26,31)(H,27,35)(H,28,36)/t17-/m1/s1. The van der Waals surface area contributed by atoms with E-state index in [0.717, 1.165) is 5.56 Å². The van der Waals surface area contributed by atoms with Crippen LogP contribution < -0.4 is 16.0 Å². The van der Waals surface area contributed by atoms with Crippen LogP contribution in [0, 0.1) is 5.92 Å². The molecule has 5 amide bonds. The maximum absolute atomic E-state index is 12.8. The van der Waals surface area contributed by atoms with Crippen molar-refractivity contribution in [3.05, 3.63) is 35.9 Å². The van der Waals surface area contributed by atoms with Gasteiger partial charge in [-0.05, 0) is 32.8 Å². The zero-order valence-corrected chi connectivity index (χ0v) is 21.5. The summed E-state index contributed by atoms with van der Waals surface area (Å²) in [4.78, 5) is 88.9. The molecule has 0 aliphatic carbocycles. The van der Waals surface area contributed by atoms with Crippen molar-refractivity contribution in [2.24, 2.45) is 5.92 Å². The highest BCUT2D eigenvalue weighted by molar-refractivity contribution is 6.01. The summed E-state index contributed by atoms with van der Waals surface area (Å²) in [5.41, 5.74) is 0.0341. The van der Waals surface area contributed by atoms with Gasteiger partial charge in [0.15, 0.2) is 5.78 Å². The second-order valence-corrected chi connectivity index (χ2v) is 9.52. The van der Waals surface area contributed by atoms with Crippen LogP contribution in [-0.2, 0) is 44.8 Å². The van der Waals surface area contributed by atoms with Gasteiger partial charge in [-0.25, -0.2) is 9.59 Å². The second kappa shape index (κ2) is 13.9. The molecule has 38 heavy (non-hydrogen) atoms. The lowest BCUT2D eigenvalue weighted by molar-refractivity contribution is -0.196. The number of alkyl carbamates (subject to hydrolysis) is 1. The fourth-order valence-electron chi connectivity index (χ4n) is 3.33. The number of carbonyl (C=O) groups is 7. The van der Waals surface area contributed by atoms with E-state index in [-0.39, 0.29) is 32.2 Å². The Morgan fingerprint density at radius 2 is 1.53 bits per heavy atom. The Morgan fingerprint density at radius 1 is 0.895 bits per heavy atom. The fourth-order valence-corrected chi connectivity index (χ4v) is 3.33. The number of benzene rings is 1. The number of hydrogen-bond acceptors (Lipinski definition) is 9. The molecule has 3 N–H and O–H groups in total. The number of ketones is 1. The van der Waals surface area contributed by atoms with Crippen molar-refractivity contribution < 1.29 is 43.1 Å². The van der Waals surface area contributed by atoms with Crippen LogP contribution >= 0.6 is 0 Å². The fraction of sp³-hybridized carbons (Fsp3) is 0.480. The zero-order chi connectivity index (χ0) is 28.3. The van der Waals surface area contributed by atoms with Gasteiger partial charge in [-0.15, -0.1) is 5.06 Å². The number of ether oxygens (including phenoxy) is 1. The molecular formula is C25H32N4O9. The second-order valence-electron chi connectivity index (χ2n) is 9.52. The molecule has 0 aromatic heterocycles. The van der Waals surface area contributed by atoms with E-state index in [1.807, 2.05) is 0 Å². The van der Waals surface area contributed by atoms with E-state index in [4.69, 9.17) is 9.57 Å². The predicted molar refractivity (Wildman–Crippen MR) is 131 cm³/mol. The minimum atomic E-state index is -1.02. The molecule has 1 atom stereocenters. The summed E-state index contributed by atoms with van der Waals surface area (Å²) >= 11 is 0. The summed E-state index contributed by atoms with van der Waals surface area (Å²) in [6.45, 7) is 3.61. The minimum absolute atomic E-state index is 0.0622. The third-order valence-corrected chi connectivity index (χ3v) is 5.05. The first-order chi connectivity index (χ1) is 17.8. The van der Waals surface area contributed by atoms with E-state index >= 15 is 0 Å². The van der Waals surface area contributed by atoms with Gasteiger partial charge < -0.3 is 25.5 Å². The van der Waals surface area contributed by atoms with Crippen molar-refractivity contribution in [1.82, 2.24) is 21.0 Å². The summed E-state index contributed by atoms with van der Waals surface area (Å²) in [6, 6.07) is 8.87. The Balaban J connectivity index is 1.87. The van der Waals surface area contributed by atoms with E-state index in [1.165, 1.54) is 0 Å². The van der Waals surface area contributed by atoms with Gasteiger partial charge >= 0.3 is 12.1 Å². The van der Waals surface area contributed by atoms with Crippen LogP contribution in [-0.4, -0.2) is 71.8 Å². The van der Waals surface area contributed by atoms with Crippen molar-refractivity contribution >= 4 is 41.5 Å². The maximum atomic E-state index is 12.8. The van der Waals surface area contributed by atoms with Crippen molar-refractivity contribution in [1.29, 1.82) is 0 Å². The third-order valence-electron chi connectivity index (χ3n) is 5.05. The molecule has 2 rings (SSSR count). The Hall–Kier alpha value is -4.29. The van der Waals surface area contributed by atoms with Crippen LogP contribution in [0.4, 0.5) is 4.79 Å². The number of amides is 5. The average molecular weight is 533 g/mol. The molecule has 1 heterocycles. The van der Waals surface area contributed by atoms with Crippen LogP contribution in [0.2, 0.25) is 0 Å². The van der Waals surface area contributed by atoms with Gasteiger partial charge in [-0.3, -0.25) is 24.0 Å². The van der Waals surface area contributed by atoms with Gasteiger partial charge in [-0.2, -0.15) is 0 Å². The highest BCUT2D eigenvalue weighted by Gasteiger charge is 2.33. The SMILES string of the molecule is CC(C)(C)OC(=O)NCC(=O)NCC(=O)C[C@@H](Cc1ccccc1)C(=O)NCC(=O)ON1C(=O)CCC1=O. The van der Waals surface area contributed by atoms with Crippen molar-refractivity contribution in [2.45, 2.75) is 52.1 Å². The number of imide groups is 1. The number of nitrogens with one attached hydrogen (secondary N) is 3. The van der Waals surface area contributed by atoms with Gasteiger partial charge in [0, 0.05) is 25.2 Å². The summed E-state index contributed by atoms with van der Waals surface area (Å²) < 4.78 is 5.03. The molecular weight excluding hydrogens is 500 g/mol. The summed E-state index contributed by atoms with van der Waals surface area (Å²) in [5.74, 6) is -4.90.